The van der Waals surface area contributed by atoms with Crippen LogP contribution in [0.5, 0.6) is 0 Å². The number of rotatable bonds is 2. The van der Waals surface area contributed by atoms with E-state index in [0.717, 1.165) is 0 Å². The van der Waals surface area contributed by atoms with E-state index in [1.165, 1.54) is 0 Å². The molecule has 0 saturated carbocycles. The van der Waals surface area contributed by atoms with E-state index in [0.29, 0.717) is 13.1 Å². The standard InChI is InChI=1S/C10H18N2O2S/c1-6-4-12(5-7(2)14-6)10(13)8(3)9(11)15/h6-8H,4-5H2,1-3H3,(H2,11,15)/t6-,7+,8?. The predicted octanol–water partition coefficient (Wildman–Crippen LogP) is 0.544. The molecule has 1 saturated heterocycles. The molecule has 1 rings (SSSR count). The SMILES string of the molecule is CC(C(=O)N1C[C@@H](C)O[C@@H](C)C1)C(N)=S. The number of nitrogens with two attached hydrogens (primary N) is 1. The fourth-order valence-corrected chi connectivity index (χ4v) is 1.85. The Bertz CT molecular complexity index is 260. The molecule has 2 N–H and O–H groups in total. The van der Waals surface area contributed by atoms with Crippen LogP contribution in [0.15, 0.2) is 0 Å². The van der Waals surface area contributed by atoms with Gasteiger partial charge in [0.2, 0.25) is 5.91 Å². The zero-order valence-electron chi connectivity index (χ0n) is 9.40. The third-order valence-electron chi connectivity index (χ3n) is 2.53. The van der Waals surface area contributed by atoms with Crippen molar-refractivity contribution in [2.75, 3.05) is 13.1 Å². The predicted molar refractivity (Wildman–Crippen MR) is 62.5 cm³/mol. The highest BCUT2D eigenvalue weighted by Gasteiger charge is 2.29. The zero-order valence-corrected chi connectivity index (χ0v) is 10.2. The number of amides is 1. The third-order valence-corrected chi connectivity index (χ3v) is 2.88. The molecule has 0 aromatic heterocycles. The molecule has 1 heterocycles. The number of hydrogen-bond acceptors (Lipinski definition) is 3. The van der Waals surface area contributed by atoms with E-state index in [1.54, 1.807) is 11.8 Å². The normalized spacial score (nSPS) is 28.6. The fraction of sp³-hybridized carbons (Fsp3) is 0.800. The van der Waals surface area contributed by atoms with E-state index in [1.807, 2.05) is 13.8 Å². The molecule has 1 fully saturated rings. The Morgan fingerprint density at radius 3 is 2.33 bits per heavy atom. The largest absolute Gasteiger partial charge is 0.393 e. The van der Waals surface area contributed by atoms with Crippen molar-refractivity contribution in [2.24, 2.45) is 11.7 Å². The second-order valence-electron chi connectivity index (χ2n) is 4.12. The summed E-state index contributed by atoms with van der Waals surface area (Å²) >= 11 is 4.82. The Morgan fingerprint density at radius 1 is 1.47 bits per heavy atom. The molecular weight excluding hydrogens is 212 g/mol. The summed E-state index contributed by atoms with van der Waals surface area (Å²) in [6.45, 7) is 6.91. The molecule has 4 nitrogen and oxygen atoms in total. The summed E-state index contributed by atoms with van der Waals surface area (Å²) in [6.07, 6.45) is 0.160. The van der Waals surface area contributed by atoms with Gasteiger partial charge in [0.1, 0.15) is 0 Å². The van der Waals surface area contributed by atoms with Crippen molar-refractivity contribution < 1.29 is 9.53 Å². The van der Waals surface area contributed by atoms with Crippen molar-refractivity contribution in [1.29, 1.82) is 0 Å². The van der Waals surface area contributed by atoms with Crippen LogP contribution in [-0.4, -0.2) is 41.1 Å². The van der Waals surface area contributed by atoms with Crippen molar-refractivity contribution in [3.63, 3.8) is 0 Å². The fourth-order valence-electron chi connectivity index (χ4n) is 1.75. The van der Waals surface area contributed by atoms with Crippen LogP contribution in [0.1, 0.15) is 20.8 Å². The van der Waals surface area contributed by atoms with Gasteiger partial charge in [-0.05, 0) is 20.8 Å². The Kier molecular flexibility index (Phi) is 4.04. The van der Waals surface area contributed by atoms with Gasteiger partial charge in [-0.15, -0.1) is 0 Å². The molecule has 1 amide bonds. The Hall–Kier alpha value is -0.680. The van der Waals surface area contributed by atoms with Crippen molar-refractivity contribution in [3.05, 3.63) is 0 Å². The van der Waals surface area contributed by atoms with Gasteiger partial charge < -0.3 is 15.4 Å². The second-order valence-corrected chi connectivity index (χ2v) is 4.60. The van der Waals surface area contributed by atoms with E-state index in [2.05, 4.69) is 0 Å². The molecule has 3 atom stereocenters. The summed E-state index contributed by atoms with van der Waals surface area (Å²) < 4.78 is 5.55. The van der Waals surface area contributed by atoms with Gasteiger partial charge in [-0.2, -0.15) is 0 Å². The van der Waals surface area contributed by atoms with Crippen LogP contribution in [0, 0.1) is 5.92 Å². The molecule has 0 radical (unpaired) electrons. The maximum atomic E-state index is 11.9. The van der Waals surface area contributed by atoms with Gasteiger partial charge in [0.15, 0.2) is 0 Å². The van der Waals surface area contributed by atoms with Crippen LogP contribution in [0.25, 0.3) is 0 Å². The first-order valence-electron chi connectivity index (χ1n) is 5.15. The number of ether oxygens (including phenoxy) is 1. The molecule has 0 spiro atoms. The molecule has 0 aromatic rings. The lowest BCUT2D eigenvalue weighted by molar-refractivity contribution is -0.144. The topological polar surface area (TPSA) is 55.6 Å². The maximum Gasteiger partial charge on any atom is 0.232 e. The van der Waals surface area contributed by atoms with Gasteiger partial charge >= 0.3 is 0 Å². The molecule has 0 bridgehead atoms. The van der Waals surface area contributed by atoms with E-state index < -0.39 is 0 Å². The van der Waals surface area contributed by atoms with E-state index in [9.17, 15) is 4.79 Å². The Morgan fingerprint density at radius 2 is 1.93 bits per heavy atom. The van der Waals surface area contributed by atoms with Crippen LogP contribution in [0.2, 0.25) is 0 Å². The molecule has 1 unspecified atom stereocenters. The molecule has 0 aromatic carbocycles. The first-order chi connectivity index (χ1) is 6.91. The van der Waals surface area contributed by atoms with E-state index >= 15 is 0 Å². The first kappa shape index (κ1) is 12.4. The number of morpholine rings is 1. The smallest absolute Gasteiger partial charge is 0.232 e. The van der Waals surface area contributed by atoms with Gasteiger partial charge in [0.25, 0.3) is 0 Å². The minimum absolute atomic E-state index is 0.00417. The third kappa shape index (κ3) is 3.14. The minimum Gasteiger partial charge on any atom is -0.393 e. The highest BCUT2D eigenvalue weighted by atomic mass is 32.1. The molecule has 1 aliphatic rings. The monoisotopic (exact) mass is 230 g/mol. The number of carbonyl (C=O) groups excluding carboxylic acids is 1. The highest BCUT2D eigenvalue weighted by Crippen LogP contribution is 2.13. The molecule has 5 heteroatoms. The van der Waals surface area contributed by atoms with Crippen LogP contribution in [0.4, 0.5) is 0 Å². The molecular formula is C10H18N2O2S. The quantitative estimate of drug-likeness (QED) is 0.704. The number of carbonyl (C=O) groups is 1. The van der Waals surface area contributed by atoms with Gasteiger partial charge in [0, 0.05) is 13.1 Å². The lowest BCUT2D eigenvalue weighted by atomic mass is 10.1. The average Bonchev–Trinajstić information content (AvgIpc) is 2.13. The van der Waals surface area contributed by atoms with Gasteiger partial charge in [-0.25, -0.2) is 0 Å². The van der Waals surface area contributed by atoms with Gasteiger partial charge in [0.05, 0.1) is 23.1 Å². The number of thiocarbonyl (C=S) groups is 1. The average molecular weight is 230 g/mol. The van der Waals surface area contributed by atoms with Gasteiger partial charge in [-0.3, -0.25) is 4.79 Å². The summed E-state index contributed by atoms with van der Waals surface area (Å²) in [4.78, 5) is 14.0. The van der Waals surface area contributed by atoms with Gasteiger partial charge in [-0.1, -0.05) is 12.2 Å². The zero-order chi connectivity index (χ0) is 11.6. The van der Waals surface area contributed by atoms with Crippen LogP contribution in [-0.2, 0) is 9.53 Å². The molecule has 86 valence electrons. The summed E-state index contributed by atoms with van der Waals surface area (Å²) in [7, 11) is 0. The highest BCUT2D eigenvalue weighted by molar-refractivity contribution is 7.80. The summed E-state index contributed by atoms with van der Waals surface area (Å²) in [6, 6.07) is 0. The van der Waals surface area contributed by atoms with Crippen LogP contribution >= 0.6 is 12.2 Å². The Balaban J connectivity index is 2.63. The first-order valence-corrected chi connectivity index (χ1v) is 5.56. The number of hydrogen-bond donors (Lipinski definition) is 1. The maximum absolute atomic E-state index is 11.9. The van der Waals surface area contributed by atoms with Crippen LogP contribution in [0.3, 0.4) is 0 Å². The minimum atomic E-state index is -0.377. The lowest BCUT2D eigenvalue weighted by Gasteiger charge is -2.36. The molecule has 1 aliphatic heterocycles. The van der Waals surface area contributed by atoms with Crippen molar-refractivity contribution >= 4 is 23.1 Å². The van der Waals surface area contributed by atoms with Crippen molar-refractivity contribution in [1.82, 2.24) is 4.90 Å². The molecule has 15 heavy (non-hydrogen) atoms. The number of nitrogens with zero attached hydrogens (tertiary/aromatic N) is 1. The summed E-state index contributed by atoms with van der Waals surface area (Å²) in [5, 5.41) is 0. The van der Waals surface area contributed by atoms with Crippen LogP contribution < -0.4 is 5.73 Å². The molecule has 0 aliphatic carbocycles. The van der Waals surface area contributed by atoms with E-state index in [-0.39, 0.29) is 29.0 Å². The van der Waals surface area contributed by atoms with Crippen molar-refractivity contribution in [3.8, 4) is 0 Å². The lowest BCUT2D eigenvalue weighted by Crippen LogP contribution is -2.51. The van der Waals surface area contributed by atoms with Crippen molar-refractivity contribution in [2.45, 2.75) is 33.0 Å². The van der Waals surface area contributed by atoms with E-state index in [4.69, 9.17) is 22.7 Å². The Labute approximate surface area is 95.8 Å². The summed E-state index contributed by atoms with van der Waals surface area (Å²) in [5.41, 5.74) is 5.47. The second kappa shape index (κ2) is 4.90. The summed E-state index contributed by atoms with van der Waals surface area (Å²) in [5.74, 6) is -0.373.